The Bertz CT molecular complexity index is 575. The Morgan fingerprint density at radius 1 is 0.667 bits per heavy atom. The first-order chi connectivity index (χ1) is 10.2. The van der Waals surface area contributed by atoms with E-state index in [1.54, 1.807) is 0 Å². The first-order valence-corrected chi connectivity index (χ1v) is 10.1. The molecule has 4 unspecified atom stereocenters. The Labute approximate surface area is 139 Å². The van der Waals surface area contributed by atoms with Crippen LogP contribution < -0.4 is 0 Å². The van der Waals surface area contributed by atoms with E-state index in [-0.39, 0.29) is 0 Å². The van der Waals surface area contributed by atoms with E-state index in [2.05, 4.69) is 85.9 Å². The molecule has 4 atom stereocenters. The summed E-state index contributed by atoms with van der Waals surface area (Å²) in [6.07, 6.45) is 0. The van der Waals surface area contributed by atoms with Crippen LogP contribution in [0.5, 0.6) is 0 Å². The van der Waals surface area contributed by atoms with E-state index in [1.807, 2.05) is 11.8 Å². The highest BCUT2D eigenvalue weighted by atomic mass is 32.2. The SMILES string of the molecule is CC1SC1c1ccc(Sc2ccc(C3SC3C)cc2)cc1. The molecule has 2 saturated heterocycles. The molecule has 2 aromatic rings. The largest absolute Gasteiger partial charge is 0.148 e. The fourth-order valence-electron chi connectivity index (χ4n) is 2.66. The van der Waals surface area contributed by atoms with E-state index in [4.69, 9.17) is 0 Å². The summed E-state index contributed by atoms with van der Waals surface area (Å²) >= 11 is 5.97. The van der Waals surface area contributed by atoms with Gasteiger partial charge in [0.1, 0.15) is 0 Å². The lowest BCUT2D eigenvalue weighted by Gasteiger charge is -2.04. The van der Waals surface area contributed by atoms with Gasteiger partial charge in [0, 0.05) is 30.8 Å². The molecule has 0 nitrogen and oxygen atoms in total. The standard InChI is InChI=1S/C18H18S3/c1-11-17(19-11)13-3-7-15(8-4-13)21-16-9-5-14(6-10-16)18-12(2)20-18/h3-12,17-18H,1-2H3. The molecule has 2 fully saturated rings. The third-order valence-corrected chi connectivity index (χ3v) is 7.81. The summed E-state index contributed by atoms with van der Waals surface area (Å²) in [6, 6.07) is 18.2. The minimum absolute atomic E-state index is 0.737. The van der Waals surface area contributed by atoms with Crippen molar-refractivity contribution in [2.24, 2.45) is 0 Å². The average Bonchev–Trinajstić information content (AvgIpc) is 3.40. The number of thioether (sulfide) groups is 2. The topological polar surface area (TPSA) is 0 Å². The summed E-state index contributed by atoms with van der Waals surface area (Å²) < 4.78 is 0. The molecule has 0 amide bonds. The third kappa shape index (κ3) is 3.15. The monoisotopic (exact) mass is 330 g/mol. The van der Waals surface area contributed by atoms with E-state index in [0.717, 1.165) is 21.0 Å². The van der Waals surface area contributed by atoms with Gasteiger partial charge in [0.05, 0.1) is 0 Å². The van der Waals surface area contributed by atoms with Gasteiger partial charge in [-0.25, -0.2) is 0 Å². The zero-order chi connectivity index (χ0) is 14.4. The van der Waals surface area contributed by atoms with Crippen molar-refractivity contribution in [3.63, 3.8) is 0 Å². The maximum absolute atomic E-state index is 2.30. The van der Waals surface area contributed by atoms with Crippen molar-refractivity contribution < 1.29 is 0 Å². The van der Waals surface area contributed by atoms with Crippen LogP contribution in [0.2, 0.25) is 0 Å². The van der Waals surface area contributed by atoms with Crippen LogP contribution in [-0.4, -0.2) is 10.5 Å². The maximum Gasteiger partial charge on any atom is 0.0416 e. The van der Waals surface area contributed by atoms with Gasteiger partial charge in [-0.05, 0) is 35.4 Å². The number of hydrogen-bond donors (Lipinski definition) is 0. The van der Waals surface area contributed by atoms with Gasteiger partial charge < -0.3 is 0 Å². The normalized spacial score (nSPS) is 30.2. The van der Waals surface area contributed by atoms with Crippen LogP contribution in [0.1, 0.15) is 35.5 Å². The molecule has 0 aromatic heterocycles. The Morgan fingerprint density at radius 3 is 1.29 bits per heavy atom. The summed E-state index contributed by atoms with van der Waals surface area (Å²) in [7, 11) is 0. The van der Waals surface area contributed by atoms with Crippen LogP contribution >= 0.6 is 35.3 Å². The fourth-order valence-corrected chi connectivity index (χ4v) is 5.16. The van der Waals surface area contributed by atoms with Gasteiger partial charge in [-0.1, -0.05) is 49.9 Å². The molecule has 2 aromatic carbocycles. The van der Waals surface area contributed by atoms with Crippen molar-refractivity contribution in [2.75, 3.05) is 0 Å². The van der Waals surface area contributed by atoms with Gasteiger partial charge in [0.2, 0.25) is 0 Å². The highest BCUT2D eigenvalue weighted by molar-refractivity contribution is 8.07. The predicted molar refractivity (Wildman–Crippen MR) is 96.6 cm³/mol. The van der Waals surface area contributed by atoms with Crippen molar-refractivity contribution >= 4 is 35.3 Å². The van der Waals surface area contributed by atoms with Crippen LogP contribution in [0.15, 0.2) is 58.3 Å². The van der Waals surface area contributed by atoms with E-state index in [0.29, 0.717) is 0 Å². The molecule has 0 radical (unpaired) electrons. The molecule has 0 spiro atoms. The lowest BCUT2D eigenvalue weighted by atomic mass is 10.1. The molecule has 0 N–H and O–H groups in total. The first kappa shape index (κ1) is 14.1. The molecule has 21 heavy (non-hydrogen) atoms. The molecule has 2 aliphatic rings. The van der Waals surface area contributed by atoms with Crippen molar-refractivity contribution in [3.8, 4) is 0 Å². The van der Waals surface area contributed by atoms with Crippen LogP contribution in [0.4, 0.5) is 0 Å². The molecule has 2 heterocycles. The maximum atomic E-state index is 2.30. The average molecular weight is 331 g/mol. The lowest BCUT2D eigenvalue weighted by Crippen LogP contribution is -1.84. The zero-order valence-electron chi connectivity index (χ0n) is 12.2. The van der Waals surface area contributed by atoms with E-state index < -0.39 is 0 Å². The van der Waals surface area contributed by atoms with Crippen molar-refractivity contribution in [3.05, 3.63) is 59.7 Å². The van der Waals surface area contributed by atoms with Crippen molar-refractivity contribution in [1.82, 2.24) is 0 Å². The second kappa shape index (κ2) is 5.60. The van der Waals surface area contributed by atoms with Gasteiger partial charge in [0.25, 0.3) is 0 Å². The van der Waals surface area contributed by atoms with Crippen LogP contribution in [0.3, 0.4) is 0 Å². The third-order valence-electron chi connectivity index (χ3n) is 4.07. The van der Waals surface area contributed by atoms with Crippen LogP contribution in [-0.2, 0) is 0 Å². The Balaban J connectivity index is 1.43. The molecule has 0 aliphatic carbocycles. The summed E-state index contributed by atoms with van der Waals surface area (Å²) in [5.74, 6) is 0. The van der Waals surface area contributed by atoms with E-state index in [9.17, 15) is 0 Å². The molecular formula is C18H18S3. The van der Waals surface area contributed by atoms with Crippen LogP contribution in [0.25, 0.3) is 0 Å². The quantitative estimate of drug-likeness (QED) is 0.613. The Morgan fingerprint density at radius 2 is 1.00 bits per heavy atom. The van der Waals surface area contributed by atoms with Crippen LogP contribution in [0, 0.1) is 0 Å². The summed E-state index contributed by atoms with van der Waals surface area (Å²) in [5.41, 5.74) is 2.96. The highest BCUT2D eigenvalue weighted by Crippen LogP contribution is 2.55. The second-order valence-electron chi connectivity index (χ2n) is 5.76. The minimum atomic E-state index is 0.737. The molecule has 4 rings (SSSR count). The molecule has 0 saturated carbocycles. The Hall–Kier alpha value is -0.510. The molecular weight excluding hydrogens is 312 g/mol. The zero-order valence-corrected chi connectivity index (χ0v) is 14.6. The lowest BCUT2D eigenvalue weighted by molar-refractivity contribution is 1.03. The second-order valence-corrected chi connectivity index (χ2v) is 9.96. The Kier molecular flexibility index (Phi) is 3.76. The van der Waals surface area contributed by atoms with E-state index >= 15 is 0 Å². The predicted octanol–water partition coefficient (Wildman–Crippen LogP) is 6.19. The number of rotatable bonds is 4. The van der Waals surface area contributed by atoms with Gasteiger partial charge in [-0.2, -0.15) is 0 Å². The van der Waals surface area contributed by atoms with Crippen molar-refractivity contribution in [1.29, 1.82) is 0 Å². The fraction of sp³-hybridized carbons (Fsp3) is 0.333. The minimum Gasteiger partial charge on any atom is -0.148 e. The van der Waals surface area contributed by atoms with E-state index in [1.165, 1.54) is 20.9 Å². The van der Waals surface area contributed by atoms with Crippen molar-refractivity contribution in [2.45, 2.75) is 44.6 Å². The summed E-state index contributed by atoms with van der Waals surface area (Å²) in [5, 5.41) is 3.08. The molecule has 3 heteroatoms. The molecule has 0 bridgehead atoms. The molecule has 2 aliphatic heterocycles. The number of hydrogen-bond acceptors (Lipinski definition) is 3. The van der Waals surface area contributed by atoms with Gasteiger partial charge in [-0.15, -0.1) is 23.5 Å². The van der Waals surface area contributed by atoms with Gasteiger partial charge >= 0.3 is 0 Å². The highest BCUT2D eigenvalue weighted by Gasteiger charge is 2.35. The smallest absolute Gasteiger partial charge is 0.0416 e. The summed E-state index contributed by atoms with van der Waals surface area (Å²) in [6.45, 7) is 4.61. The number of benzene rings is 2. The summed E-state index contributed by atoms with van der Waals surface area (Å²) in [4.78, 5) is 2.66. The molecule has 108 valence electrons. The van der Waals surface area contributed by atoms with Gasteiger partial charge in [0.15, 0.2) is 0 Å². The van der Waals surface area contributed by atoms with Gasteiger partial charge in [-0.3, -0.25) is 0 Å². The first-order valence-electron chi connectivity index (χ1n) is 7.39.